The Hall–Kier alpha value is -1.96. The van der Waals surface area contributed by atoms with E-state index in [4.69, 9.17) is 0 Å². The Balaban J connectivity index is 1.67. The molecule has 3 aliphatic carbocycles. The Bertz CT molecular complexity index is 701. The minimum Gasteiger partial charge on any atom is -0.508 e. The van der Waals surface area contributed by atoms with Crippen molar-refractivity contribution in [2.24, 2.45) is 23.7 Å². The highest BCUT2D eigenvalue weighted by atomic mass is 16.3. The van der Waals surface area contributed by atoms with Crippen LogP contribution in [0, 0.1) is 23.7 Å². The molecular weight excluding hydrogens is 296 g/mol. The van der Waals surface area contributed by atoms with E-state index in [2.05, 4.69) is 24.3 Å². The molecule has 2 nitrogen and oxygen atoms in total. The van der Waals surface area contributed by atoms with Crippen LogP contribution in [0.25, 0.3) is 0 Å². The Kier molecular flexibility index (Phi) is 3.01. The number of hydrogen-bond acceptors (Lipinski definition) is 2. The number of hydrogen-bond donors (Lipinski definition) is 2. The molecule has 0 aromatic heterocycles. The molecule has 0 unspecified atom stereocenters. The predicted molar refractivity (Wildman–Crippen MR) is 94.0 cm³/mol. The molecule has 124 valence electrons. The topological polar surface area (TPSA) is 40.5 Å². The van der Waals surface area contributed by atoms with Gasteiger partial charge in [-0.05, 0) is 84.7 Å². The van der Waals surface area contributed by atoms with Crippen molar-refractivity contribution in [1.82, 2.24) is 0 Å². The minimum atomic E-state index is 0.0531. The van der Waals surface area contributed by atoms with Gasteiger partial charge in [-0.15, -0.1) is 0 Å². The molecule has 4 atom stereocenters. The van der Waals surface area contributed by atoms with Gasteiger partial charge in [-0.1, -0.05) is 30.7 Å². The molecule has 2 heteroatoms. The van der Waals surface area contributed by atoms with Crippen LogP contribution in [0.5, 0.6) is 11.5 Å². The fourth-order valence-electron chi connectivity index (χ4n) is 6.49. The highest BCUT2D eigenvalue weighted by molar-refractivity contribution is 5.46. The molecule has 3 fully saturated rings. The molecule has 0 saturated heterocycles. The molecule has 5 rings (SSSR count). The number of fused-ring (bicyclic) bond motifs is 5. The summed E-state index contributed by atoms with van der Waals surface area (Å²) in [5.74, 6) is 4.00. The maximum Gasteiger partial charge on any atom is 0.115 e. The van der Waals surface area contributed by atoms with Crippen LogP contribution in [0.2, 0.25) is 0 Å². The average molecular weight is 320 g/mol. The zero-order valence-electron chi connectivity index (χ0n) is 13.9. The van der Waals surface area contributed by atoms with Gasteiger partial charge in [0.25, 0.3) is 0 Å². The fraction of sp³-hybridized carbons (Fsp3) is 0.455. The van der Waals surface area contributed by atoms with E-state index in [1.807, 2.05) is 24.3 Å². The lowest BCUT2D eigenvalue weighted by molar-refractivity contribution is 0.181. The van der Waals surface area contributed by atoms with Crippen molar-refractivity contribution in [2.45, 2.75) is 37.5 Å². The normalized spacial score (nSPS) is 32.8. The van der Waals surface area contributed by atoms with Gasteiger partial charge in [0.05, 0.1) is 0 Å². The first-order valence-electron chi connectivity index (χ1n) is 9.27. The predicted octanol–water partition coefficient (Wildman–Crippen LogP) is 4.84. The van der Waals surface area contributed by atoms with Crippen LogP contribution in [0.3, 0.4) is 0 Å². The number of phenols is 2. The Labute approximate surface area is 143 Å². The van der Waals surface area contributed by atoms with Gasteiger partial charge >= 0.3 is 0 Å². The molecule has 0 spiro atoms. The van der Waals surface area contributed by atoms with E-state index in [-0.39, 0.29) is 5.41 Å². The quantitative estimate of drug-likeness (QED) is 0.831. The maximum atomic E-state index is 9.74. The summed E-state index contributed by atoms with van der Waals surface area (Å²) in [5.41, 5.74) is 2.73. The standard InChI is InChI=1S/C22H24O2/c23-17-8-4-15(5-9-17)22(16-6-10-18(24)11-7-16)13-14-12-21(22)20-3-1-2-19(14)20/h4-11,14,19-21,23-24H,1-3,12-13H2/t14-,19+,20+,21+/m1/s1. The zero-order chi connectivity index (χ0) is 16.3. The third-order valence-electron chi connectivity index (χ3n) is 7.29. The van der Waals surface area contributed by atoms with E-state index in [0.29, 0.717) is 17.4 Å². The molecule has 0 aliphatic heterocycles. The van der Waals surface area contributed by atoms with Crippen LogP contribution in [0.4, 0.5) is 0 Å². The number of benzene rings is 2. The van der Waals surface area contributed by atoms with Crippen LogP contribution in [0.15, 0.2) is 48.5 Å². The summed E-state index contributed by atoms with van der Waals surface area (Å²) in [7, 11) is 0. The molecule has 0 amide bonds. The summed E-state index contributed by atoms with van der Waals surface area (Å²) >= 11 is 0. The molecule has 2 aromatic carbocycles. The first-order valence-corrected chi connectivity index (χ1v) is 9.27. The zero-order valence-corrected chi connectivity index (χ0v) is 13.9. The third-order valence-corrected chi connectivity index (χ3v) is 7.29. The van der Waals surface area contributed by atoms with Gasteiger partial charge in [-0.3, -0.25) is 0 Å². The van der Waals surface area contributed by atoms with Gasteiger partial charge in [0.2, 0.25) is 0 Å². The van der Waals surface area contributed by atoms with Gasteiger partial charge in [0.15, 0.2) is 0 Å². The smallest absolute Gasteiger partial charge is 0.115 e. The second-order valence-electron chi connectivity index (χ2n) is 8.13. The molecular formula is C22H24O2. The monoisotopic (exact) mass is 320 g/mol. The molecule has 0 heterocycles. The van der Waals surface area contributed by atoms with Crippen molar-refractivity contribution >= 4 is 0 Å². The summed E-state index contributed by atoms with van der Waals surface area (Å²) in [6.07, 6.45) is 6.76. The molecule has 2 bridgehead atoms. The lowest BCUT2D eigenvalue weighted by Gasteiger charge is -2.44. The van der Waals surface area contributed by atoms with Crippen molar-refractivity contribution < 1.29 is 10.2 Å². The van der Waals surface area contributed by atoms with E-state index in [9.17, 15) is 10.2 Å². The van der Waals surface area contributed by atoms with Crippen LogP contribution >= 0.6 is 0 Å². The minimum absolute atomic E-state index is 0.0531. The van der Waals surface area contributed by atoms with Crippen LogP contribution in [0.1, 0.15) is 43.2 Å². The SMILES string of the molecule is Oc1ccc(C2(c3ccc(O)cc3)C[C@H]3C[C@H]2[C@H]2CCC[C@@H]32)cc1. The summed E-state index contributed by atoms with van der Waals surface area (Å²) in [4.78, 5) is 0. The van der Waals surface area contributed by atoms with Gasteiger partial charge in [-0.2, -0.15) is 0 Å². The highest BCUT2D eigenvalue weighted by Gasteiger charge is 2.61. The largest absolute Gasteiger partial charge is 0.508 e. The Morgan fingerprint density at radius 1 is 0.750 bits per heavy atom. The Morgan fingerprint density at radius 2 is 1.29 bits per heavy atom. The lowest BCUT2D eigenvalue weighted by Crippen LogP contribution is -2.40. The van der Waals surface area contributed by atoms with E-state index in [0.717, 1.165) is 17.8 Å². The summed E-state index contributed by atoms with van der Waals surface area (Å²) in [6, 6.07) is 15.8. The fourth-order valence-corrected chi connectivity index (χ4v) is 6.49. The van der Waals surface area contributed by atoms with Gasteiger partial charge in [-0.25, -0.2) is 0 Å². The number of rotatable bonds is 2. The molecule has 2 N–H and O–H groups in total. The lowest BCUT2D eigenvalue weighted by atomic mass is 9.59. The first kappa shape index (κ1) is 14.4. The van der Waals surface area contributed by atoms with Crippen LogP contribution < -0.4 is 0 Å². The highest BCUT2D eigenvalue weighted by Crippen LogP contribution is 2.68. The summed E-state index contributed by atoms with van der Waals surface area (Å²) in [6.45, 7) is 0. The average Bonchev–Trinajstić information content (AvgIpc) is 3.28. The summed E-state index contributed by atoms with van der Waals surface area (Å²) in [5, 5.41) is 19.5. The number of phenolic OH excluding ortho intramolecular Hbond substituents is 2. The molecule has 24 heavy (non-hydrogen) atoms. The molecule has 3 saturated carbocycles. The van der Waals surface area contributed by atoms with E-state index in [1.165, 1.54) is 43.2 Å². The molecule has 3 aliphatic rings. The van der Waals surface area contributed by atoms with Crippen LogP contribution in [-0.2, 0) is 5.41 Å². The van der Waals surface area contributed by atoms with E-state index in [1.54, 1.807) is 0 Å². The van der Waals surface area contributed by atoms with Gasteiger partial charge in [0.1, 0.15) is 11.5 Å². The number of aromatic hydroxyl groups is 2. The van der Waals surface area contributed by atoms with Gasteiger partial charge in [0, 0.05) is 5.41 Å². The van der Waals surface area contributed by atoms with Crippen molar-refractivity contribution in [1.29, 1.82) is 0 Å². The Morgan fingerprint density at radius 3 is 1.88 bits per heavy atom. The van der Waals surface area contributed by atoms with E-state index < -0.39 is 0 Å². The molecule has 0 radical (unpaired) electrons. The van der Waals surface area contributed by atoms with E-state index >= 15 is 0 Å². The third kappa shape index (κ3) is 1.83. The maximum absolute atomic E-state index is 9.74. The first-order chi connectivity index (χ1) is 11.7. The van der Waals surface area contributed by atoms with Gasteiger partial charge < -0.3 is 10.2 Å². The van der Waals surface area contributed by atoms with Crippen LogP contribution in [-0.4, -0.2) is 10.2 Å². The second kappa shape index (κ2) is 5.02. The summed E-state index contributed by atoms with van der Waals surface area (Å²) < 4.78 is 0. The van der Waals surface area contributed by atoms with Crippen molar-refractivity contribution in [3.8, 4) is 11.5 Å². The van der Waals surface area contributed by atoms with Crippen molar-refractivity contribution in [2.75, 3.05) is 0 Å². The van der Waals surface area contributed by atoms with Crippen molar-refractivity contribution in [3.63, 3.8) is 0 Å². The molecule has 2 aromatic rings. The second-order valence-corrected chi connectivity index (χ2v) is 8.13. The van der Waals surface area contributed by atoms with Crippen molar-refractivity contribution in [3.05, 3.63) is 59.7 Å².